The summed E-state index contributed by atoms with van der Waals surface area (Å²) in [4.78, 5) is 2.17. The highest BCUT2D eigenvalue weighted by Crippen LogP contribution is 2.17. The van der Waals surface area contributed by atoms with Gasteiger partial charge in [-0.1, -0.05) is 0 Å². The van der Waals surface area contributed by atoms with E-state index in [2.05, 4.69) is 31.0 Å². The molecule has 4 N–H and O–H groups in total. The average Bonchev–Trinajstić information content (AvgIpc) is 2.12. The summed E-state index contributed by atoms with van der Waals surface area (Å²) in [5.41, 5.74) is 5.47. The first kappa shape index (κ1) is 14.8. The van der Waals surface area contributed by atoms with Gasteiger partial charge in [0.05, 0.1) is 6.10 Å². The number of nitrogens with zero attached hydrogens (tertiary/aromatic N) is 1. The molecule has 4 nitrogen and oxygen atoms in total. The first-order valence-electron chi connectivity index (χ1n) is 5.65. The highest BCUT2D eigenvalue weighted by molar-refractivity contribution is 4.90. The minimum atomic E-state index is -0.295. The van der Waals surface area contributed by atoms with E-state index in [-0.39, 0.29) is 11.6 Å². The van der Waals surface area contributed by atoms with Crippen molar-refractivity contribution in [3.8, 4) is 0 Å². The highest BCUT2D eigenvalue weighted by Gasteiger charge is 2.30. The zero-order valence-corrected chi connectivity index (χ0v) is 10.7. The van der Waals surface area contributed by atoms with Crippen molar-refractivity contribution in [3.05, 3.63) is 0 Å². The number of nitrogens with two attached hydrogens (primary N) is 1. The summed E-state index contributed by atoms with van der Waals surface area (Å²) in [7, 11) is 2.04. The van der Waals surface area contributed by atoms with Gasteiger partial charge < -0.3 is 16.2 Å². The van der Waals surface area contributed by atoms with Gasteiger partial charge in [0.1, 0.15) is 0 Å². The molecule has 0 radical (unpaired) electrons. The number of nitrogens with one attached hydrogen (secondary N) is 1. The van der Waals surface area contributed by atoms with E-state index in [1.165, 1.54) is 0 Å². The van der Waals surface area contributed by atoms with E-state index in [4.69, 9.17) is 5.73 Å². The molecule has 0 rings (SSSR count). The van der Waals surface area contributed by atoms with Gasteiger partial charge in [0.2, 0.25) is 0 Å². The van der Waals surface area contributed by atoms with Crippen molar-refractivity contribution in [1.29, 1.82) is 0 Å². The quantitative estimate of drug-likeness (QED) is 0.562. The summed E-state index contributed by atoms with van der Waals surface area (Å²) in [5, 5.41) is 12.7. The van der Waals surface area contributed by atoms with E-state index in [0.29, 0.717) is 19.1 Å². The predicted octanol–water partition coefficient (Wildman–Crippen LogP) is 0.0144. The van der Waals surface area contributed by atoms with Crippen LogP contribution in [0, 0.1) is 0 Å². The van der Waals surface area contributed by atoms with Crippen molar-refractivity contribution in [1.82, 2.24) is 10.2 Å². The monoisotopic (exact) mass is 217 g/mol. The Kier molecular flexibility index (Phi) is 6.36. The standard InChI is InChI=1S/C11H27N3O/c1-9(15)8-14(5)11(3,4)10(2)13-7-6-12/h9-10,13,15H,6-8,12H2,1-5H3. The molecule has 0 saturated heterocycles. The Morgan fingerprint density at radius 3 is 2.33 bits per heavy atom. The van der Waals surface area contributed by atoms with Gasteiger partial charge >= 0.3 is 0 Å². The number of aliphatic hydroxyl groups is 1. The third-order valence-electron chi connectivity index (χ3n) is 3.18. The molecule has 0 aromatic heterocycles. The van der Waals surface area contributed by atoms with Crippen LogP contribution < -0.4 is 11.1 Å². The van der Waals surface area contributed by atoms with Crippen molar-refractivity contribution in [2.45, 2.75) is 45.4 Å². The molecule has 0 aromatic carbocycles. The second kappa shape index (κ2) is 6.43. The van der Waals surface area contributed by atoms with Crippen LogP contribution in [-0.4, -0.2) is 54.4 Å². The third-order valence-corrected chi connectivity index (χ3v) is 3.18. The van der Waals surface area contributed by atoms with E-state index < -0.39 is 0 Å². The van der Waals surface area contributed by atoms with Gasteiger partial charge in [-0.15, -0.1) is 0 Å². The molecule has 0 fully saturated rings. The van der Waals surface area contributed by atoms with Crippen LogP contribution in [0.5, 0.6) is 0 Å². The van der Waals surface area contributed by atoms with Gasteiger partial charge in [-0.25, -0.2) is 0 Å². The lowest BCUT2D eigenvalue weighted by Gasteiger charge is -2.41. The van der Waals surface area contributed by atoms with Crippen LogP contribution in [0.25, 0.3) is 0 Å². The van der Waals surface area contributed by atoms with Crippen molar-refractivity contribution >= 4 is 0 Å². The van der Waals surface area contributed by atoms with E-state index in [1.54, 1.807) is 0 Å². The van der Waals surface area contributed by atoms with E-state index >= 15 is 0 Å². The maximum atomic E-state index is 9.36. The largest absolute Gasteiger partial charge is 0.392 e. The van der Waals surface area contributed by atoms with Gasteiger partial charge in [0, 0.05) is 31.2 Å². The van der Waals surface area contributed by atoms with Crippen LogP contribution in [0.1, 0.15) is 27.7 Å². The van der Waals surface area contributed by atoms with Crippen molar-refractivity contribution in [3.63, 3.8) is 0 Å². The molecule has 4 heteroatoms. The zero-order valence-electron chi connectivity index (χ0n) is 10.7. The van der Waals surface area contributed by atoms with Crippen LogP contribution in [0.2, 0.25) is 0 Å². The van der Waals surface area contributed by atoms with Crippen molar-refractivity contribution in [2.75, 3.05) is 26.7 Å². The molecule has 0 saturated carbocycles. The Morgan fingerprint density at radius 2 is 1.93 bits per heavy atom. The van der Waals surface area contributed by atoms with Gasteiger partial charge in [-0.05, 0) is 34.7 Å². The number of rotatable bonds is 7. The summed E-state index contributed by atoms with van der Waals surface area (Å²) < 4.78 is 0. The molecule has 2 atom stereocenters. The summed E-state index contributed by atoms with van der Waals surface area (Å²) >= 11 is 0. The lowest BCUT2D eigenvalue weighted by atomic mass is 9.93. The first-order chi connectivity index (χ1) is 6.82. The second-order valence-corrected chi connectivity index (χ2v) is 4.85. The molecule has 0 spiro atoms. The van der Waals surface area contributed by atoms with Gasteiger partial charge in [0.15, 0.2) is 0 Å². The second-order valence-electron chi connectivity index (χ2n) is 4.85. The number of hydrogen-bond acceptors (Lipinski definition) is 4. The van der Waals surface area contributed by atoms with Crippen LogP contribution in [0.3, 0.4) is 0 Å². The third kappa shape index (κ3) is 4.93. The molecular weight excluding hydrogens is 190 g/mol. The number of hydrogen-bond donors (Lipinski definition) is 3. The molecule has 0 heterocycles. The Balaban J connectivity index is 4.23. The Hall–Kier alpha value is -0.160. The van der Waals surface area contributed by atoms with Gasteiger partial charge in [-0.2, -0.15) is 0 Å². The van der Waals surface area contributed by atoms with Gasteiger partial charge in [-0.3, -0.25) is 4.90 Å². The molecule has 0 amide bonds. The van der Waals surface area contributed by atoms with E-state index in [0.717, 1.165) is 6.54 Å². The van der Waals surface area contributed by atoms with Crippen LogP contribution in [0.15, 0.2) is 0 Å². The average molecular weight is 217 g/mol. The summed E-state index contributed by atoms with van der Waals surface area (Å²) in [5.74, 6) is 0. The lowest BCUT2D eigenvalue weighted by molar-refractivity contribution is 0.0610. The normalized spacial score (nSPS) is 16.8. The molecule has 0 aliphatic carbocycles. The van der Waals surface area contributed by atoms with Crippen LogP contribution in [-0.2, 0) is 0 Å². The zero-order chi connectivity index (χ0) is 12.1. The Labute approximate surface area is 93.8 Å². The lowest BCUT2D eigenvalue weighted by Crippen LogP contribution is -2.57. The minimum absolute atomic E-state index is 0.00611. The molecule has 2 unspecified atom stereocenters. The molecule has 92 valence electrons. The van der Waals surface area contributed by atoms with E-state index in [1.807, 2.05) is 14.0 Å². The predicted molar refractivity (Wildman–Crippen MR) is 64.9 cm³/mol. The maximum absolute atomic E-state index is 9.36. The highest BCUT2D eigenvalue weighted by atomic mass is 16.3. The topological polar surface area (TPSA) is 61.5 Å². The number of aliphatic hydroxyl groups excluding tert-OH is 1. The van der Waals surface area contributed by atoms with Crippen molar-refractivity contribution < 1.29 is 5.11 Å². The van der Waals surface area contributed by atoms with Crippen molar-refractivity contribution in [2.24, 2.45) is 5.73 Å². The molecule has 0 aliphatic heterocycles. The Bertz CT molecular complexity index is 171. The maximum Gasteiger partial charge on any atom is 0.0639 e. The molecule has 0 aliphatic rings. The number of likely N-dealkylation sites (N-methyl/N-ethyl adjacent to an activating group) is 1. The molecule has 0 aromatic rings. The minimum Gasteiger partial charge on any atom is -0.392 e. The fourth-order valence-electron chi connectivity index (χ4n) is 1.51. The Morgan fingerprint density at radius 1 is 1.40 bits per heavy atom. The fraction of sp³-hybridized carbons (Fsp3) is 1.00. The number of β-amino-alcohol motifs (C(OH)–C–C–N with tert-alkyl or cyclic N) is 1. The fourth-order valence-corrected chi connectivity index (χ4v) is 1.51. The molecule has 0 bridgehead atoms. The molecular formula is C11H27N3O. The van der Waals surface area contributed by atoms with Crippen LogP contribution >= 0.6 is 0 Å². The van der Waals surface area contributed by atoms with Crippen LogP contribution in [0.4, 0.5) is 0 Å². The summed E-state index contributed by atoms with van der Waals surface area (Å²) in [6, 6.07) is 0.338. The van der Waals surface area contributed by atoms with E-state index in [9.17, 15) is 5.11 Å². The molecule has 15 heavy (non-hydrogen) atoms. The summed E-state index contributed by atoms with van der Waals surface area (Å²) in [6.07, 6.45) is -0.295. The first-order valence-corrected chi connectivity index (χ1v) is 5.65. The SMILES string of the molecule is CC(O)CN(C)C(C)(C)C(C)NCCN. The summed E-state index contributed by atoms with van der Waals surface area (Å²) in [6.45, 7) is 10.5. The smallest absolute Gasteiger partial charge is 0.0639 e. The van der Waals surface area contributed by atoms with Gasteiger partial charge in [0.25, 0.3) is 0 Å².